The van der Waals surface area contributed by atoms with Crippen LogP contribution in [-0.2, 0) is 21.4 Å². The average Bonchev–Trinajstić information content (AvgIpc) is 3.02. The maximum atomic E-state index is 13.6. The Morgan fingerprint density at radius 1 is 0.550 bits per heavy atom. The Kier molecular flexibility index (Phi) is 8.86. The van der Waals surface area contributed by atoms with E-state index in [1.165, 1.54) is 0 Å². The molecular weight excluding hydrogens is 550 g/mol. The van der Waals surface area contributed by atoms with Gasteiger partial charge in [-0.05, 0) is 28.1 Å². The molecule has 1 heterocycles. The van der Waals surface area contributed by atoms with E-state index in [1.54, 1.807) is 0 Å². The Bertz CT molecular complexity index is 1330. The second-order valence-corrected chi connectivity index (χ2v) is 18.1. The first kappa shape index (κ1) is 28.3. The third kappa shape index (κ3) is 6.08. The molecule has 0 spiro atoms. The molecule has 0 saturated carbocycles. The number of carbonyl (C=O) groups excluding carboxylic acids is 2. The van der Waals surface area contributed by atoms with Crippen LogP contribution >= 0.6 is 12.9 Å². The summed E-state index contributed by atoms with van der Waals surface area (Å²) < 4.78 is 0. The predicted molar refractivity (Wildman–Crippen MR) is 176 cm³/mol. The Morgan fingerprint density at radius 2 is 0.850 bits per heavy atom. The average molecular weight is 585 g/mol. The molecule has 4 aromatic carbocycles. The summed E-state index contributed by atoms with van der Waals surface area (Å²) in [6.45, 7) is -0.0820. The molecule has 0 unspecified atom stereocenters. The Labute approximate surface area is 242 Å². The summed E-state index contributed by atoms with van der Waals surface area (Å²) in [6.07, 6.45) is 5.36. The summed E-state index contributed by atoms with van der Waals surface area (Å²) in [5.41, 5.74) is 0. The molecule has 5 rings (SSSR count). The number of hydrogen-bond donors (Lipinski definition) is 0. The number of amides is 2. The maximum absolute atomic E-state index is 13.6. The molecule has 0 radical (unpaired) electrons. The van der Waals surface area contributed by atoms with Crippen LogP contribution in [0.3, 0.4) is 0 Å². The van der Waals surface area contributed by atoms with E-state index in [0.717, 1.165) is 21.2 Å². The quantitative estimate of drug-likeness (QED) is 0.295. The SMILES string of the molecule is C=P(CC(=O)N1CCN(C(=O)CP(=S)(c2ccccc2)c2ccccc2)CC1)(c1ccccc1)c1ccccc1. The molecule has 0 aromatic heterocycles. The number of piperazine rings is 1. The highest BCUT2D eigenvalue weighted by Gasteiger charge is 2.32. The highest BCUT2D eigenvalue weighted by atomic mass is 32.4. The van der Waals surface area contributed by atoms with Gasteiger partial charge in [0.1, 0.15) is 0 Å². The van der Waals surface area contributed by atoms with Crippen LogP contribution in [0.25, 0.3) is 0 Å². The van der Waals surface area contributed by atoms with Crippen LogP contribution < -0.4 is 21.2 Å². The van der Waals surface area contributed by atoms with E-state index in [1.807, 2.05) is 107 Å². The number of nitrogens with zero attached hydrogens (tertiary/aromatic N) is 2. The van der Waals surface area contributed by atoms with Gasteiger partial charge in [0.25, 0.3) is 0 Å². The van der Waals surface area contributed by atoms with Crippen molar-refractivity contribution in [2.75, 3.05) is 38.5 Å². The van der Waals surface area contributed by atoms with Gasteiger partial charge in [0, 0.05) is 32.2 Å². The second-order valence-electron chi connectivity index (χ2n) is 10.1. The summed E-state index contributed by atoms with van der Waals surface area (Å²) in [6, 6.07) is 38.2. The third-order valence-electron chi connectivity index (χ3n) is 7.60. The van der Waals surface area contributed by atoms with Gasteiger partial charge in [-0.2, -0.15) is 0 Å². The van der Waals surface area contributed by atoms with Crippen molar-refractivity contribution in [2.45, 2.75) is 0 Å². The first-order valence-corrected chi connectivity index (χ1v) is 18.6. The highest BCUT2D eigenvalue weighted by molar-refractivity contribution is 8.22. The zero-order valence-electron chi connectivity index (χ0n) is 22.5. The van der Waals surface area contributed by atoms with Crippen molar-refractivity contribution >= 4 is 64.1 Å². The normalized spacial score (nSPS) is 14.1. The summed E-state index contributed by atoms with van der Waals surface area (Å²) in [4.78, 5) is 31.0. The van der Waals surface area contributed by atoms with Gasteiger partial charge < -0.3 is 9.80 Å². The molecule has 1 aliphatic rings. The van der Waals surface area contributed by atoms with Gasteiger partial charge in [0.05, 0.1) is 12.3 Å². The fourth-order valence-electron chi connectivity index (χ4n) is 5.25. The molecule has 0 bridgehead atoms. The van der Waals surface area contributed by atoms with Gasteiger partial charge in [-0.15, -0.1) is 0 Å². The van der Waals surface area contributed by atoms with Crippen LogP contribution in [-0.4, -0.2) is 66.4 Å². The molecule has 40 heavy (non-hydrogen) atoms. The van der Waals surface area contributed by atoms with E-state index >= 15 is 0 Å². The molecule has 0 atom stereocenters. The van der Waals surface area contributed by atoms with E-state index in [0.29, 0.717) is 38.5 Å². The molecule has 1 saturated heterocycles. The van der Waals surface area contributed by atoms with Crippen LogP contribution in [0.15, 0.2) is 121 Å². The second kappa shape index (κ2) is 12.5. The van der Waals surface area contributed by atoms with Gasteiger partial charge in [-0.25, -0.2) is 0 Å². The third-order valence-corrected chi connectivity index (χ3v) is 15.6. The van der Waals surface area contributed by atoms with Gasteiger partial charge in [0.15, 0.2) is 0 Å². The molecule has 0 N–H and O–H groups in total. The first-order valence-electron chi connectivity index (χ1n) is 13.5. The maximum Gasteiger partial charge on any atom is 0.228 e. The van der Waals surface area contributed by atoms with Crippen molar-refractivity contribution < 1.29 is 9.59 Å². The number of carbonyl (C=O) groups is 2. The van der Waals surface area contributed by atoms with Crippen molar-refractivity contribution in [1.82, 2.24) is 9.80 Å². The van der Waals surface area contributed by atoms with Crippen LogP contribution in [0.2, 0.25) is 0 Å². The number of rotatable bonds is 8. The lowest BCUT2D eigenvalue weighted by molar-refractivity contribution is -0.136. The topological polar surface area (TPSA) is 40.6 Å². The van der Waals surface area contributed by atoms with Gasteiger partial charge in [-0.3, -0.25) is 9.59 Å². The Morgan fingerprint density at radius 3 is 1.20 bits per heavy atom. The zero-order chi connectivity index (χ0) is 28.0. The van der Waals surface area contributed by atoms with Crippen LogP contribution in [0.5, 0.6) is 0 Å². The summed E-state index contributed by atoms with van der Waals surface area (Å²) in [5.74, 6) is 0.164. The van der Waals surface area contributed by atoms with E-state index < -0.39 is 12.9 Å². The summed E-state index contributed by atoms with van der Waals surface area (Å²) >= 11 is 6.29. The zero-order valence-corrected chi connectivity index (χ0v) is 25.1. The summed E-state index contributed by atoms with van der Waals surface area (Å²) in [5, 5.41) is 4.35. The van der Waals surface area contributed by atoms with Crippen LogP contribution in [0.4, 0.5) is 0 Å². The predicted octanol–water partition coefficient (Wildman–Crippen LogP) is 3.89. The largest absolute Gasteiger partial charge is 0.339 e. The van der Waals surface area contributed by atoms with Crippen molar-refractivity contribution in [1.29, 1.82) is 0 Å². The molecule has 204 valence electrons. The van der Waals surface area contributed by atoms with Crippen LogP contribution in [0, 0.1) is 0 Å². The van der Waals surface area contributed by atoms with Crippen LogP contribution in [0.1, 0.15) is 0 Å². The minimum atomic E-state index is -2.32. The highest BCUT2D eigenvalue weighted by Crippen LogP contribution is 2.44. The fraction of sp³-hybridized carbons (Fsp3) is 0.182. The van der Waals surface area contributed by atoms with Crippen molar-refractivity contribution in [2.24, 2.45) is 0 Å². The van der Waals surface area contributed by atoms with Gasteiger partial charge in [-0.1, -0.05) is 139 Å². The standard InChI is InChI=1S/C33H34N2O2P2S/c1-38(28-14-6-2-7-15-28,29-16-8-3-9-17-29)26-32(36)34-22-24-35(25-23-34)33(37)27-39(40,30-18-10-4-11-19-30)31-20-12-5-13-21-31/h2-21H,1,22-27H2. The van der Waals surface area contributed by atoms with Crippen molar-refractivity contribution in [3.05, 3.63) is 121 Å². The minimum Gasteiger partial charge on any atom is -0.339 e. The van der Waals surface area contributed by atoms with E-state index in [-0.39, 0.29) is 11.8 Å². The van der Waals surface area contributed by atoms with E-state index in [9.17, 15) is 9.59 Å². The minimum absolute atomic E-state index is 0.0655. The lowest BCUT2D eigenvalue weighted by Crippen LogP contribution is -2.52. The monoisotopic (exact) mass is 584 g/mol. The smallest absolute Gasteiger partial charge is 0.228 e. The van der Waals surface area contributed by atoms with Gasteiger partial charge >= 0.3 is 0 Å². The molecule has 2 amide bonds. The molecular formula is C33H34N2O2P2S. The van der Waals surface area contributed by atoms with Crippen molar-refractivity contribution in [3.8, 4) is 0 Å². The fourth-order valence-corrected chi connectivity index (χ4v) is 11.7. The molecule has 4 aromatic rings. The lowest BCUT2D eigenvalue weighted by Gasteiger charge is -2.37. The number of benzene rings is 4. The lowest BCUT2D eigenvalue weighted by atomic mass is 10.3. The Hall–Kier alpha value is -3.23. The summed E-state index contributed by atoms with van der Waals surface area (Å²) in [7, 11) is 0. The molecule has 4 nitrogen and oxygen atoms in total. The van der Waals surface area contributed by atoms with Gasteiger partial charge in [0.2, 0.25) is 11.8 Å². The number of hydrogen-bond acceptors (Lipinski definition) is 3. The first-order chi connectivity index (χ1) is 19.4. The Balaban J connectivity index is 1.28. The molecule has 7 heteroatoms. The molecule has 1 aliphatic heterocycles. The van der Waals surface area contributed by atoms with E-state index in [4.69, 9.17) is 11.8 Å². The molecule has 1 fully saturated rings. The van der Waals surface area contributed by atoms with E-state index in [2.05, 4.69) is 30.6 Å². The molecule has 0 aliphatic carbocycles. The van der Waals surface area contributed by atoms with Crippen molar-refractivity contribution in [3.63, 3.8) is 0 Å².